The fraction of sp³-hybridized carbons (Fsp3) is 1.00. The van der Waals surface area contributed by atoms with Crippen molar-refractivity contribution < 1.29 is 9.47 Å². The van der Waals surface area contributed by atoms with E-state index < -0.39 is 0 Å². The quantitative estimate of drug-likeness (QED) is 0.662. The third-order valence-electron chi connectivity index (χ3n) is 2.69. The van der Waals surface area contributed by atoms with Crippen LogP contribution in [-0.4, -0.2) is 57.0 Å². The van der Waals surface area contributed by atoms with Gasteiger partial charge in [-0.3, -0.25) is 4.90 Å². The fourth-order valence-corrected chi connectivity index (χ4v) is 1.77. The van der Waals surface area contributed by atoms with E-state index in [1.807, 2.05) is 6.92 Å². The topological polar surface area (TPSA) is 47.7 Å². The Morgan fingerprint density at radius 2 is 2.43 bits per heavy atom. The number of ether oxygens (including phenoxy) is 2. The summed E-state index contributed by atoms with van der Waals surface area (Å²) >= 11 is 0. The van der Waals surface area contributed by atoms with Gasteiger partial charge < -0.3 is 15.2 Å². The van der Waals surface area contributed by atoms with Crippen LogP contribution in [0.2, 0.25) is 0 Å². The minimum atomic E-state index is 0.158. The number of rotatable bonds is 6. The molecule has 4 nitrogen and oxygen atoms in total. The zero-order valence-electron chi connectivity index (χ0n) is 9.24. The summed E-state index contributed by atoms with van der Waals surface area (Å²) in [6.07, 6.45) is 1.28. The van der Waals surface area contributed by atoms with Gasteiger partial charge in [0.05, 0.1) is 12.7 Å². The summed E-state index contributed by atoms with van der Waals surface area (Å²) in [5.74, 6) is 0. The second-order valence-corrected chi connectivity index (χ2v) is 3.77. The molecule has 0 aromatic carbocycles. The summed E-state index contributed by atoms with van der Waals surface area (Å²) in [7, 11) is 2.11. The molecule has 1 heterocycles. The first kappa shape index (κ1) is 11.9. The van der Waals surface area contributed by atoms with E-state index in [2.05, 4.69) is 11.9 Å². The fourth-order valence-electron chi connectivity index (χ4n) is 1.77. The summed E-state index contributed by atoms with van der Waals surface area (Å²) in [6.45, 7) is 5.96. The van der Waals surface area contributed by atoms with Gasteiger partial charge in [0, 0.05) is 32.3 Å². The predicted molar refractivity (Wildman–Crippen MR) is 56.3 cm³/mol. The summed E-state index contributed by atoms with van der Waals surface area (Å²) < 4.78 is 10.9. The molecular weight excluding hydrogens is 180 g/mol. The van der Waals surface area contributed by atoms with E-state index in [1.54, 1.807) is 0 Å². The molecule has 1 aliphatic rings. The maximum absolute atomic E-state index is 5.62. The molecule has 14 heavy (non-hydrogen) atoms. The van der Waals surface area contributed by atoms with Crippen LogP contribution >= 0.6 is 0 Å². The normalized spacial score (nSPS) is 24.4. The van der Waals surface area contributed by atoms with Crippen molar-refractivity contribution in [3.8, 4) is 0 Å². The Labute approximate surface area is 86.3 Å². The van der Waals surface area contributed by atoms with Crippen LogP contribution in [0.15, 0.2) is 0 Å². The van der Waals surface area contributed by atoms with E-state index >= 15 is 0 Å². The minimum Gasteiger partial charge on any atom is -0.380 e. The van der Waals surface area contributed by atoms with Crippen molar-refractivity contribution in [2.24, 2.45) is 5.73 Å². The molecule has 1 fully saturated rings. The van der Waals surface area contributed by atoms with Crippen molar-refractivity contribution >= 4 is 0 Å². The highest BCUT2D eigenvalue weighted by molar-refractivity contribution is 4.75. The molecule has 1 saturated heterocycles. The van der Waals surface area contributed by atoms with Crippen LogP contribution in [0.5, 0.6) is 0 Å². The van der Waals surface area contributed by atoms with Crippen LogP contribution in [0.3, 0.4) is 0 Å². The number of nitrogens with zero attached hydrogens (tertiary/aromatic N) is 1. The molecule has 0 aromatic rings. The molecule has 0 spiro atoms. The Kier molecular flexibility index (Phi) is 5.40. The molecular formula is C10H22N2O2. The molecule has 4 heteroatoms. The van der Waals surface area contributed by atoms with E-state index in [-0.39, 0.29) is 6.10 Å². The second kappa shape index (κ2) is 6.35. The number of hydrogen-bond acceptors (Lipinski definition) is 4. The van der Waals surface area contributed by atoms with E-state index in [0.29, 0.717) is 12.6 Å². The SMILES string of the molecule is CCOC(CN)CN(C)C1CCOC1. The monoisotopic (exact) mass is 202 g/mol. The van der Waals surface area contributed by atoms with Gasteiger partial charge in [-0.15, -0.1) is 0 Å². The smallest absolute Gasteiger partial charge is 0.0823 e. The maximum atomic E-state index is 5.62. The first-order valence-corrected chi connectivity index (χ1v) is 5.37. The molecule has 2 unspecified atom stereocenters. The zero-order valence-corrected chi connectivity index (χ0v) is 9.24. The van der Waals surface area contributed by atoms with Crippen LogP contribution in [0, 0.1) is 0 Å². The molecule has 1 rings (SSSR count). The van der Waals surface area contributed by atoms with Crippen LogP contribution in [-0.2, 0) is 9.47 Å². The summed E-state index contributed by atoms with van der Waals surface area (Å²) in [5, 5.41) is 0. The van der Waals surface area contributed by atoms with Gasteiger partial charge in [-0.25, -0.2) is 0 Å². The molecule has 2 N–H and O–H groups in total. The molecule has 2 atom stereocenters. The van der Waals surface area contributed by atoms with Crippen LogP contribution in [0.1, 0.15) is 13.3 Å². The van der Waals surface area contributed by atoms with Crippen molar-refractivity contribution in [3.63, 3.8) is 0 Å². The van der Waals surface area contributed by atoms with Gasteiger partial charge in [0.15, 0.2) is 0 Å². The highest BCUT2D eigenvalue weighted by Gasteiger charge is 2.22. The van der Waals surface area contributed by atoms with Gasteiger partial charge >= 0.3 is 0 Å². The lowest BCUT2D eigenvalue weighted by Gasteiger charge is -2.27. The van der Waals surface area contributed by atoms with E-state index in [4.69, 9.17) is 15.2 Å². The zero-order chi connectivity index (χ0) is 10.4. The number of hydrogen-bond donors (Lipinski definition) is 1. The first-order chi connectivity index (χ1) is 6.77. The molecule has 0 saturated carbocycles. The molecule has 0 bridgehead atoms. The molecule has 1 aliphatic heterocycles. The molecule has 0 amide bonds. The van der Waals surface area contributed by atoms with Gasteiger partial charge in [0.2, 0.25) is 0 Å². The van der Waals surface area contributed by atoms with Crippen LogP contribution in [0.25, 0.3) is 0 Å². The Hall–Kier alpha value is -0.160. The third-order valence-corrected chi connectivity index (χ3v) is 2.69. The van der Waals surface area contributed by atoms with Gasteiger partial charge in [-0.1, -0.05) is 0 Å². The highest BCUT2D eigenvalue weighted by atomic mass is 16.5. The van der Waals surface area contributed by atoms with Crippen molar-refractivity contribution in [3.05, 3.63) is 0 Å². The third kappa shape index (κ3) is 3.53. The maximum Gasteiger partial charge on any atom is 0.0823 e. The van der Waals surface area contributed by atoms with Crippen LogP contribution < -0.4 is 5.73 Å². The van der Waals surface area contributed by atoms with Crippen molar-refractivity contribution in [1.82, 2.24) is 4.90 Å². The van der Waals surface area contributed by atoms with E-state index in [1.165, 1.54) is 0 Å². The molecule has 0 aromatic heterocycles. The van der Waals surface area contributed by atoms with Gasteiger partial charge in [-0.2, -0.15) is 0 Å². The van der Waals surface area contributed by atoms with Crippen molar-refractivity contribution in [2.75, 3.05) is 40.0 Å². The van der Waals surface area contributed by atoms with E-state index in [0.717, 1.165) is 32.8 Å². The average Bonchev–Trinajstić information content (AvgIpc) is 2.69. The summed E-state index contributed by atoms with van der Waals surface area (Å²) in [6, 6.07) is 0.546. The van der Waals surface area contributed by atoms with Crippen LogP contribution in [0.4, 0.5) is 0 Å². The van der Waals surface area contributed by atoms with Gasteiger partial charge in [0.1, 0.15) is 0 Å². The molecule has 0 radical (unpaired) electrons. The standard InChI is InChI=1S/C10H22N2O2/c1-3-14-10(6-11)7-12(2)9-4-5-13-8-9/h9-10H,3-8,11H2,1-2H3. The number of likely N-dealkylation sites (N-methyl/N-ethyl adjacent to an activating group) is 1. The second-order valence-electron chi connectivity index (χ2n) is 3.77. The Bertz CT molecular complexity index is 149. The lowest BCUT2D eigenvalue weighted by molar-refractivity contribution is 0.0338. The van der Waals surface area contributed by atoms with Crippen molar-refractivity contribution in [2.45, 2.75) is 25.5 Å². The predicted octanol–water partition coefficient (Wildman–Crippen LogP) is 0.0709. The highest BCUT2D eigenvalue weighted by Crippen LogP contribution is 2.11. The molecule has 84 valence electrons. The van der Waals surface area contributed by atoms with Gasteiger partial charge in [-0.05, 0) is 20.4 Å². The first-order valence-electron chi connectivity index (χ1n) is 5.37. The summed E-state index contributed by atoms with van der Waals surface area (Å²) in [4.78, 5) is 2.29. The molecule has 0 aliphatic carbocycles. The Morgan fingerprint density at radius 3 is 2.93 bits per heavy atom. The Morgan fingerprint density at radius 1 is 1.64 bits per heavy atom. The Balaban J connectivity index is 2.25. The lowest BCUT2D eigenvalue weighted by Crippen LogP contribution is -2.41. The average molecular weight is 202 g/mol. The number of nitrogens with two attached hydrogens (primary N) is 1. The largest absolute Gasteiger partial charge is 0.380 e. The minimum absolute atomic E-state index is 0.158. The van der Waals surface area contributed by atoms with Crippen molar-refractivity contribution in [1.29, 1.82) is 0 Å². The summed E-state index contributed by atoms with van der Waals surface area (Å²) in [5.41, 5.74) is 5.62. The van der Waals surface area contributed by atoms with E-state index in [9.17, 15) is 0 Å². The van der Waals surface area contributed by atoms with Gasteiger partial charge in [0.25, 0.3) is 0 Å². The lowest BCUT2D eigenvalue weighted by atomic mass is 10.2.